The van der Waals surface area contributed by atoms with Gasteiger partial charge in [-0.2, -0.15) is 0 Å². The third kappa shape index (κ3) is 2.52. The SMILES string of the molecule is ClCC[C@H]1CNCCN1. The molecule has 0 aromatic heterocycles. The Kier molecular flexibility index (Phi) is 3.33. The molecule has 0 aliphatic carbocycles. The van der Waals surface area contributed by atoms with Gasteiger partial charge in [0.2, 0.25) is 0 Å². The molecule has 1 heterocycles. The summed E-state index contributed by atoms with van der Waals surface area (Å²) in [6, 6.07) is 0.608. The molecule has 2 N–H and O–H groups in total. The van der Waals surface area contributed by atoms with Crippen molar-refractivity contribution in [2.75, 3.05) is 25.5 Å². The molecule has 1 atom stereocenters. The highest BCUT2D eigenvalue weighted by Gasteiger charge is 2.09. The van der Waals surface area contributed by atoms with E-state index in [1.165, 1.54) is 0 Å². The molecule has 1 fully saturated rings. The molecule has 0 bridgehead atoms. The summed E-state index contributed by atoms with van der Waals surface area (Å²) in [5.74, 6) is 0.763. The van der Waals surface area contributed by atoms with E-state index in [0.717, 1.165) is 31.9 Å². The predicted octanol–water partition coefficient (Wildman–Crippen LogP) is 0.177. The molecule has 0 aromatic rings. The second-order valence-corrected chi connectivity index (χ2v) is 2.71. The molecule has 1 rings (SSSR count). The van der Waals surface area contributed by atoms with Gasteiger partial charge in [-0.25, -0.2) is 0 Å². The van der Waals surface area contributed by atoms with Crippen LogP contribution in [-0.4, -0.2) is 31.6 Å². The molecular formula is C6H13ClN2. The van der Waals surface area contributed by atoms with Gasteiger partial charge in [-0.05, 0) is 6.42 Å². The van der Waals surface area contributed by atoms with Crippen LogP contribution in [0.25, 0.3) is 0 Å². The molecule has 1 aliphatic heterocycles. The van der Waals surface area contributed by atoms with E-state index in [-0.39, 0.29) is 0 Å². The van der Waals surface area contributed by atoms with Gasteiger partial charge in [-0.15, -0.1) is 11.6 Å². The van der Waals surface area contributed by atoms with Crippen LogP contribution in [0.15, 0.2) is 0 Å². The van der Waals surface area contributed by atoms with Crippen LogP contribution in [0.2, 0.25) is 0 Å². The lowest BCUT2D eigenvalue weighted by atomic mass is 10.2. The molecule has 1 aliphatic rings. The Hall–Kier alpha value is 0.210. The number of hydrogen-bond donors (Lipinski definition) is 2. The monoisotopic (exact) mass is 148 g/mol. The molecule has 0 spiro atoms. The highest BCUT2D eigenvalue weighted by Crippen LogP contribution is 1.94. The quantitative estimate of drug-likeness (QED) is 0.546. The standard InChI is InChI=1S/C6H13ClN2/c7-2-1-6-5-8-3-4-9-6/h6,8-9H,1-5H2/t6-/m0/s1. The van der Waals surface area contributed by atoms with Gasteiger partial charge in [0.05, 0.1) is 0 Å². The maximum atomic E-state index is 5.57. The van der Waals surface area contributed by atoms with Crippen LogP contribution in [0.1, 0.15) is 6.42 Å². The van der Waals surface area contributed by atoms with Gasteiger partial charge in [-0.1, -0.05) is 0 Å². The molecule has 0 radical (unpaired) electrons. The molecule has 1 saturated heterocycles. The molecule has 0 saturated carbocycles. The van der Waals surface area contributed by atoms with Gasteiger partial charge >= 0.3 is 0 Å². The number of nitrogens with one attached hydrogen (secondary N) is 2. The Morgan fingerprint density at radius 3 is 2.89 bits per heavy atom. The summed E-state index contributed by atoms with van der Waals surface area (Å²) < 4.78 is 0. The van der Waals surface area contributed by atoms with Gasteiger partial charge in [0, 0.05) is 31.6 Å². The van der Waals surface area contributed by atoms with E-state index in [4.69, 9.17) is 11.6 Å². The van der Waals surface area contributed by atoms with Crippen molar-refractivity contribution in [1.29, 1.82) is 0 Å². The summed E-state index contributed by atoms with van der Waals surface area (Å²) in [4.78, 5) is 0. The minimum atomic E-state index is 0.608. The van der Waals surface area contributed by atoms with E-state index < -0.39 is 0 Å². The first-order valence-electron chi connectivity index (χ1n) is 3.43. The zero-order valence-electron chi connectivity index (χ0n) is 5.49. The Morgan fingerprint density at radius 2 is 2.33 bits per heavy atom. The van der Waals surface area contributed by atoms with E-state index >= 15 is 0 Å². The minimum absolute atomic E-state index is 0.608. The van der Waals surface area contributed by atoms with Crippen molar-refractivity contribution in [1.82, 2.24) is 10.6 Å². The molecule has 0 amide bonds. The fraction of sp³-hybridized carbons (Fsp3) is 1.00. The lowest BCUT2D eigenvalue weighted by molar-refractivity contribution is 0.411. The van der Waals surface area contributed by atoms with E-state index in [0.29, 0.717) is 6.04 Å². The van der Waals surface area contributed by atoms with E-state index in [9.17, 15) is 0 Å². The Balaban J connectivity index is 2.08. The normalized spacial score (nSPS) is 28.3. The summed E-state index contributed by atoms with van der Waals surface area (Å²) in [5.41, 5.74) is 0. The molecule has 3 heteroatoms. The maximum absolute atomic E-state index is 5.57. The average Bonchev–Trinajstić information content (AvgIpc) is 1.91. The molecule has 54 valence electrons. The van der Waals surface area contributed by atoms with Crippen LogP contribution < -0.4 is 10.6 Å². The zero-order valence-corrected chi connectivity index (χ0v) is 6.25. The van der Waals surface area contributed by atoms with Crippen LogP contribution in [0.5, 0.6) is 0 Å². The lowest BCUT2D eigenvalue weighted by Crippen LogP contribution is -2.48. The van der Waals surface area contributed by atoms with Crippen LogP contribution in [-0.2, 0) is 0 Å². The fourth-order valence-electron chi connectivity index (χ4n) is 1.05. The second-order valence-electron chi connectivity index (χ2n) is 2.33. The Morgan fingerprint density at radius 1 is 1.44 bits per heavy atom. The molecule has 2 nitrogen and oxygen atoms in total. The minimum Gasteiger partial charge on any atom is -0.314 e. The highest BCUT2D eigenvalue weighted by molar-refractivity contribution is 6.17. The maximum Gasteiger partial charge on any atom is 0.0238 e. The number of alkyl halides is 1. The Labute approximate surface area is 61.0 Å². The van der Waals surface area contributed by atoms with Gasteiger partial charge in [0.1, 0.15) is 0 Å². The molecule has 9 heavy (non-hydrogen) atoms. The summed E-state index contributed by atoms with van der Waals surface area (Å²) >= 11 is 5.57. The third-order valence-electron chi connectivity index (χ3n) is 1.58. The van der Waals surface area contributed by atoms with Gasteiger partial charge in [0.25, 0.3) is 0 Å². The fourth-order valence-corrected chi connectivity index (χ4v) is 1.31. The summed E-state index contributed by atoms with van der Waals surface area (Å²) in [5, 5.41) is 6.67. The third-order valence-corrected chi connectivity index (χ3v) is 1.80. The first-order valence-corrected chi connectivity index (χ1v) is 3.97. The number of halogens is 1. The van der Waals surface area contributed by atoms with Crippen LogP contribution >= 0.6 is 11.6 Å². The second kappa shape index (κ2) is 4.09. The van der Waals surface area contributed by atoms with Crippen molar-refractivity contribution in [2.45, 2.75) is 12.5 Å². The van der Waals surface area contributed by atoms with Gasteiger partial charge < -0.3 is 10.6 Å². The highest BCUT2D eigenvalue weighted by atomic mass is 35.5. The Bertz CT molecular complexity index is 68.7. The zero-order chi connectivity index (χ0) is 6.53. The van der Waals surface area contributed by atoms with Crippen molar-refractivity contribution < 1.29 is 0 Å². The number of piperazine rings is 1. The molecule has 0 aromatic carbocycles. The summed E-state index contributed by atoms with van der Waals surface area (Å²) in [6.07, 6.45) is 1.08. The van der Waals surface area contributed by atoms with Gasteiger partial charge in [0.15, 0.2) is 0 Å². The van der Waals surface area contributed by atoms with Crippen molar-refractivity contribution in [3.8, 4) is 0 Å². The topological polar surface area (TPSA) is 24.1 Å². The van der Waals surface area contributed by atoms with E-state index in [1.54, 1.807) is 0 Å². The van der Waals surface area contributed by atoms with Gasteiger partial charge in [-0.3, -0.25) is 0 Å². The van der Waals surface area contributed by atoms with E-state index in [2.05, 4.69) is 10.6 Å². The number of hydrogen-bond acceptors (Lipinski definition) is 2. The smallest absolute Gasteiger partial charge is 0.0238 e. The van der Waals surface area contributed by atoms with E-state index in [1.807, 2.05) is 0 Å². The average molecular weight is 149 g/mol. The van der Waals surface area contributed by atoms with Crippen molar-refractivity contribution in [3.63, 3.8) is 0 Å². The summed E-state index contributed by atoms with van der Waals surface area (Å²) in [6.45, 7) is 3.26. The van der Waals surface area contributed by atoms with Crippen molar-refractivity contribution >= 4 is 11.6 Å². The van der Waals surface area contributed by atoms with Crippen LogP contribution in [0, 0.1) is 0 Å². The predicted molar refractivity (Wildman–Crippen MR) is 40.0 cm³/mol. The van der Waals surface area contributed by atoms with Crippen LogP contribution in [0.4, 0.5) is 0 Å². The number of rotatable bonds is 2. The largest absolute Gasteiger partial charge is 0.314 e. The van der Waals surface area contributed by atoms with Crippen molar-refractivity contribution in [2.24, 2.45) is 0 Å². The summed E-state index contributed by atoms with van der Waals surface area (Å²) in [7, 11) is 0. The van der Waals surface area contributed by atoms with Crippen molar-refractivity contribution in [3.05, 3.63) is 0 Å². The lowest BCUT2D eigenvalue weighted by Gasteiger charge is -2.23. The molecule has 0 unspecified atom stereocenters. The molecular weight excluding hydrogens is 136 g/mol. The first-order chi connectivity index (χ1) is 4.43. The van der Waals surface area contributed by atoms with Crippen LogP contribution in [0.3, 0.4) is 0 Å². The first kappa shape index (κ1) is 7.32.